The Hall–Kier alpha value is -4.02. The van der Waals surface area contributed by atoms with Crippen molar-refractivity contribution in [3.05, 3.63) is 97.2 Å². The lowest BCUT2D eigenvalue weighted by molar-refractivity contribution is -0.161. The molecular weight excluding hydrogens is 1310 g/mol. The van der Waals surface area contributed by atoms with E-state index in [2.05, 4.69) is 125 Å². The maximum absolute atomic E-state index is 13.1. The van der Waals surface area contributed by atoms with Crippen molar-refractivity contribution in [1.82, 2.24) is 0 Å². The van der Waals surface area contributed by atoms with Gasteiger partial charge in [-0.2, -0.15) is 0 Å². The molecular formula is C81H142O17P2. The summed E-state index contributed by atoms with van der Waals surface area (Å²) in [5.74, 6) is -2.21. The molecule has 0 rings (SSSR count). The molecule has 0 spiro atoms. The number of phosphoric acid groups is 2. The van der Waals surface area contributed by atoms with Gasteiger partial charge in [0.05, 0.1) is 26.4 Å². The van der Waals surface area contributed by atoms with Gasteiger partial charge in [0.2, 0.25) is 0 Å². The van der Waals surface area contributed by atoms with E-state index >= 15 is 0 Å². The first kappa shape index (κ1) is 96.0. The molecule has 17 nitrogen and oxygen atoms in total. The van der Waals surface area contributed by atoms with E-state index in [1.54, 1.807) is 0 Å². The number of hydrogen-bond donors (Lipinski definition) is 3. The molecule has 0 radical (unpaired) electrons. The van der Waals surface area contributed by atoms with Crippen LogP contribution in [0.4, 0.5) is 0 Å². The highest BCUT2D eigenvalue weighted by Gasteiger charge is 2.30. The minimum Gasteiger partial charge on any atom is -0.462 e. The van der Waals surface area contributed by atoms with Crippen LogP contribution in [0.2, 0.25) is 0 Å². The van der Waals surface area contributed by atoms with Crippen LogP contribution in [0.1, 0.15) is 336 Å². The van der Waals surface area contributed by atoms with Crippen molar-refractivity contribution in [3.63, 3.8) is 0 Å². The van der Waals surface area contributed by atoms with Gasteiger partial charge in [0, 0.05) is 25.7 Å². The van der Waals surface area contributed by atoms with Crippen molar-refractivity contribution in [2.24, 2.45) is 0 Å². The molecule has 0 heterocycles. The third kappa shape index (κ3) is 72.3. The molecule has 0 aliphatic heterocycles. The van der Waals surface area contributed by atoms with Crippen LogP contribution in [-0.2, 0) is 65.4 Å². The monoisotopic (exact) mass is 1450 g/mol. The maximum Gasteiger partial charge on any atom is 0.472 e. The van der Waals surface area contributed by atoms with Crippen molar-refractivity contribution in [1.29, 1.82) is 0 Å². The Labute approximate surface area is 607 Å². The normalized spacial score (nSPS) is 14.4. The summed E-state index contributed by atoms with van der Waals surface area (Å²) >= 11 is 0. The number of carbonyl (C=O) groups is 4. The highest BCUT2D eigenvalue weighted by Crippen LogP contribution is 2.45. The van der Waals surface area contributed by atoms with E-state index in [1.165, 1.54) is 70.6 Å². The maximum atomic E-state index is 13.1. The zero-order chi connectivity index (χ0) is 73.2. The van der Waals surface area contributed by atoms with Gasteiger partial charge in [-0.15, -0.1) is 0 Å². The minimum absolute atomic E-state index is 0.0814. The molecule has 0 saturated carbocycles. The SMILES string of the molecule is CC/C=C\C/C=C\C/C=C\C/C=C\CCCCCCCCC(=O)OCC(COP(=O)(O)OCC(O)COP(=O)(O)OCC(COC(=O)CCCCCCC/C=C\C/C=C\CCCCC)OC(=O)CCCCCCC/C=C\CCCCCC)OC(=O)CCCCCCC/C=C\CCCCCC. The van der Waals surface area contributed by atoms with Crippen molar-refractivity contribution in [2.45, 2.75) is 354 Å². The topological polar surface area (TPSA) is 237 Å². The standard InChI is InChI=1S/C81H142O17P2/c1-5-9-13-17-21-25-29-33-35-36-37-38-40-44-46-50-54-58-62-66-79(84)92-72-77(98-81(86)68-64-60-56-52-48-42-32-28-24-20-16-12-8-4)74-96-100(89,90)94-70-75(82)69-93-99(87,88)95-73-76(97-80(85)67-63-59-55-51-47-41-31-27-23-19-15-11-7-3)71-91-78(83)65-61-57-53-49-45-43-39-34-30-26-22-18-14-10-6-2/h9,13,21-22,25-28,31-35,37-39,75-77,82H,5-8,10-12,14-20,23-24,29-30,36,40-74H2,1-4H3,(H,87,88)(H,89,90)/b13-9-,25-21-,26-22-,31-27-,32-28-,35-33-,38-37-,39-34-. The number of allylic oxidation sites excluding steroid dienone is 16. The van der Waals surface area contributed by atoms with Gasteiger partial charge >= 0.3 is 39.5 Å². The average molecular weight is 1450 g/mol. The molecule has 0 aromatic rings. The molecule has 19 heteroatoms. The van der Waals surface area contributed by atoms with E-state index in [0.29, 0.717) is 25.7 Å². The fraction of sp³-hybridized carbons (Fsp3) is 0.753. The van der Waals surface area contributed by atoms with Crippen molar-refractivity contribution in [3.8, 4) is 0 Å². The Bertz CT molecular complexity index is 2270. The number of carbonyl (C=O) groups excluding carboxylic acids is 4. The zero-order valence-electron chi connectivity index (χ0n) is 63.1. The smallest absolute Gasteiger partial charge is 0.462 e. The number of aliphatic hydroxyl groups is 1. The summed E-state index contributed by atoms with van der Waals surface area (Å²) in [6.07, 6.45) is 76.7. The summed E-state index contributed by atoms with van der Waals surface area (Å²) < 4.78 is 68.5. The number of unbranched alkanes of at least 4 members (excludes halogenated alkanes) is 32. The van der Waals surface area contributed by atoms with E-state index in [0.717, 1.165) is 186 Å². The molecule has 0 aromatic heterocycles. The molecule has 5 atom stereocenters. The highest BCUT2D eigenvalue weighted by atomic mass is 31.2. The zero-order valence-corrected chi connectivity index (χ0v) is 64.9. The van der Waals surface area contributed by atoms with Gasteiger partial charge in [0.1, 0.15) is 19.3 Å². The first-order valence-corrected chi connectivity index (χ1v) is 42.5. The molecule has 0 aliphatic rings. The lowest BCUT2D eigenvalue weighted by atomic mass is 10.1. The molecule has 0 fully saturated rings. The van der Waals surface area contributed by atoms with Crippen LogP contribution in [-0.4, -0.2) is 96.7 Å². The number of esters is 4. The van der Waals surface area contributed by atoms with Crippen LogP contribution in [0.5, 0.6) is 0 Å². The number of phosphoric ester groups is 2. The summed E-state index contributed by atoms with van der Waals surface area (Å²) in [7, 11) is -9.96. The molecule has 0 aliphatic carbocycles. The number of hydrogen-bond acceptors (Lipinski definition) is 15. The van der Waals surface area contributed by atoms with E-state index in [-0.39, 0.29) is 25.7 Å². The van der Waals surface area contributed by atoms with Crippen LogP contribution < -0.4 is 0 Å². The van der Waals surface area contributed by atoms with Gasteiger partial charge in [-0.1, -0.05) is 260 Å². The van der Waals surface area contributed by atoms with Crippen LogP contribution in [0, 0.1) is 0 Å². The van der Waals surface area contributed by atoms with E-state index in [4.69, 9.17) is 37.0 Å². The summed E-state index contributed by atoms with van der Waals surface area (Å²) in [6, 6.07) is 0. The van der Waals surface area contributed by atoms with E-state index < -0.39 is 97.5 Å². The Balaban J connectivity index is 5.34. The summed E-state index contributed by atoms with van der Waals surface area (Å²) in [5, 5.41) is 10.6. The lowest BCUT2D eigenvalue weighted by Crippen LogP contribution is -2.30. The molecule has 100 heavy (non-hydrogen) atoms. The second-order valence-corrected chi connectivity index (χ2v) is 29.2. The molecule has 5 unspecified atom stereocenters. The summed E-state index contributed by atoms with van der Waals surface area (Å²) in [4.78, 5) is 72.9. The van der Waals surface area contributed by atoms with Crippen molar-refractivity contribution in [2.75, 3.05) is 39.6 Å². The first-order chi connectivity index (χ1) is 48.7. The highest BCUT2D eigenvalue weighted by molar-refractivity contribution is 7.47. The van der Waals surface area contributed by atoms with E-state index in [1.807, 2.05) is 0 Å². The quantitative estimate of drug-likeness (QED) is 0.0169. The van der Waals surface area contributed by atoms with Crippen LogP contribution in [0.25, 0.3) is 0 Å². The predicted octanol–water partition coefficient (Wildman–Crippen LogP) is 22.8. The van der Waals surface area contributed by atoms with Crippen LogP contribution in [0.3, 0.4) is 0 Å². The third-order valence-electron chi connectivity index (χ3n) is 16.5. The fourth-order valence-electron chi connectivity index (χ4n) is 10.5. The van der Waals surface area contributed by atoms with Gasteiger partial charge in [0.25, 0.3) is 0 Å². The fourth-order valence-corrected chi connectivity index (χ4v) is 12.0. The van der Waals surface area contributed by atoms with Crippen LogP contribution in [0.15, 0.2) is 97.2 Å². The Morgan fingerprint density at radius 3 is 0.830 bits per heavy atom. The van der Waals surface area contributed by atoms with Crippen molar-refractivity contribution >= 4 is 39.5 Å². The van der Waals surface area contributed by atoms with Crippen LogP contribution >= 0.6 is 15.6 Å². The number of ether oxygens (including phenoxy) is 4. The Kier molecular flexibility index (Phi) is 70.4. The largest absolute Gasteiger partial charge is 0.472 e. The van der Waals surface area contributed by atoms with Gasteiger partial charge in [0.15, 0.2) is 12.2 Å². The van der Waals surface area contributed by atoms with E-state index in [9.17, 15) is 43.2 Å². The average Bonchev–Trinajstić information content (AvgIpc) is 0.935. The molecule has 578 valence electrons. The lowest BCUT2D eigenvalue weighted by Gasteiger charge is -2.21. The first-order valence-electron chi connectivity index (χ1n) is 39.5. The second kappa shape index (κ2) is 73.3. The van der Waals surface area contributed by atoms with Crippen molar-refractivity contribution < 1.29 is 80.2 Å². The molecule has 0 bridgehead atoms. The summed E-state index contributed by atoms with van der Waals surface area (Å²) in [6.45, 7) is 4.68. The van der Waals surface area contributed by atoms with Gasteiger partial charge in [-0.25, -0.2) is 9.13 Å². The molecule has 3 N–H and O–H groups in total. The number of aliphatic hydroxyl groups excluding tert-OH is 1. The molecule has 0 saturated heterocycles. The van der Waals surface area contributed by atoms with Gasteiger partial charge in [-0.05, 0) is 148 Å². The minimum atomic E-state index is -4.98. The Morgan fingerprint density at radius 1 is 0.290 bits per heavy atom. The molecule has 0 amide bonds. The number of rotatable bonds is 74. The molecule has 0 aromatic carbocycles. The Morgan fingerprint density at radius 2 is 0.520 bits per heavy atom. The predicted molar refractivity (Wildman–Crippen MR) is 409 cm³/mol. The summed E-state index contributed by atoms with van der Waals surface area (Å²) in [5.41, 5.74) is 0. The second-order valence-electron chi connectivity index (χ2n) is 26.3. The van der Waals surface area contributed by atoms with Gasteiger partial charge in [-0.3, -0.25) is 37.3 Å². The third-order valence-corrected chi connectivity index (χ3v) is 18.4. The van der Waals surface area contributed by atoms with Gasteiger partial charge < -0.3 is 33.8 Å².